The van der Waals surface area contributed by atoms with Crippen molar-refractivity contribution >= 4 is 0 Å². The maximum Gasteiger partial charge on any atom is 0.0897 e. The van der Waals surface area contributed by atoms with E-state index in [2.05, 4.69) is 12.2 Å². The predicted molar refractivity (Wildman–Crippen MR) is 99.4 cm³/mol. The second-order valence-electron chi connectivity index (χ2n) is 6.45. The summed E-state index contributed by atoms with van der Waals surface area (Å²) in [4.78, 5) is 0. The number of ether oxygens (including phenoxy) is 2. The summed E-state index contributed by atoms with van der Waals surface area (Å²) in [6.07, 6.45) is 12.8. The van der Waals surface area contributed by atoms with Crippen molar-refractivity contribution in [3.05, 3.63) is 0 Å². The van der Waals surface area contributed by atoms with Crippen molar-refractivity contribution in [3.8, 4) is 0 Å². The fraction of sp³-hybridized carbons (Fsp3) is 1.00. The third-order valence-corrected chi connectivity index (χ3v) is 3.99. The van der Waals surface area contributed by atoms with Crippen molar-refractivity contribution in [2.75, 3.05) is 46.1 Å². The van der Waals surface area contributed by atoms with Crippen LogP contribution in [0.2, 0.25) is 0 Å². The Kier molecular flexibility index (Phi) is 20.7. The van der Waals surface area contributed by atoms with Gasteiger partial charge >= 0.3 is 0 Å². The maximum absolute atomic E-state index is 9.74. The van der Waals surface area contributed by atoms with Crippen LogP contribution in [0.3, 0.4) is 0 Å². The third kappa shape index (κ3) is 19.8. The smallest absolute Gasteiger partial charge is 0.0897 e. The van der Waals surface area contributed by atoms with Crippen molar-refractivity contribution in [1.82, 2.24) is 5.32 Å². The van der Waals surface area contributed by atoms with Crippen molar-refractivity contribution in [3.63, 3.8) is 0 Å². The number of hydrogen-bond acceptors (Lipinski definition) is 5. The molecule has 0 radical (unpaired) electrons. The molecule has 1 unspecified atom stereocenters. The Balaban J connectivity index is 3.10. The SMILES string of the molecule is CCCCCCCCCCCCOCC(O)CNCCOCCO. The molecule has 24 heavy (non-hydrogen) atoms. The fourth-order valence-corrected chi connectivity index (χ4v) is 2.55. The fourth-order valence-electron chi connectivity index (χ4n) is 2.55. The summed E-state index contributed by atoms with van der Waals surface area (Å²) in [6.45, 7) is 5.55. The van der Waals surface area contributed by atoms with Crippen LogP contribution in [-0.2, 0) is 9.47 Å². The maximum atomic E-state index is 9.74. The van der Waals surface area contributed by atoms with Crippen LogP contribution >= 0.6 is 0 Å². The Labute approximate surface area is 149 Å². The second kappa shape index (κ2) is 20.8. The van der Waals surface area contributed by atoms with Crippen LogP contribution in [0, 0.1) is 0 Å². The minimum atomic E-state index is -0.467. The molecule has 0 bridgehead atoms. The molecule has 0 aliphatic rings. The molecule has 0 aromatic rings. The van der Waals surface area contributed by atoms with Gasteiger partial charge in [-0.15, -0.1) is 0 Å². The minimum absolute atomic E-state index is 0.0510. The number of hydrogen-bond donors (Lipinski definition) is 3. The highest BCUT2D eigenvalue weighted by Crippen LogP contribution is 2.10. The Morgan fingerprint density at radius 3 is 2.04 bits per heavy atom. The lowest BCUT2D eigenvalue weighted by molar-refractivity contribution is 0.0336. The molecule has 0 rings (SSSR count). The van der Waals surface area contributed by atoms with Crippen molar-refractivity contribution in [2.45, 2.75) is 77.2 Å². The number of aliphatic hydroxyl groups excluding tert-OH is 2. The quantitative estimate of drug-likeness (QED) is 0.295. The van der Waals surface area contributed by atoms with E-state index in [1.54, 1.807) is 0 Å². The van der Waals surface area contributed by atoms with Gasteiger partial charge in [0.15, 0.2) is 0 Å². The molecule has 0 fully saturated rings. The highest BCUT2D eigenvalue weighted by atomic mass is 16.5. The van der Waals surface area contributed by atoms with Crippen molar-refractivity contribution < 1.29 is 19.7 Å². The molecule has 5 nitrogen and oxygen atoms in total. The van der Waals surface area contributed by atoms with E-state index in [1.807, 2.05) is 0 Å². The number of rotatable bonds is 20. The Morgan fingerprint density at radius 1 is 0.792 bits per heavy atom. The van der Waals surface area contributed by atoms with Gasteiger partial charge in [-0.25, -0.2) is 0 Å². The van der Waals surface area contributed by atoms with E-state index in [0.717, 1.165) is 13.0 Å². The van der Waals surface area contributed by atoms with Crippen LogP contribution in [0.25, 0.3) is 0 Å². The first kappa shape index (κ1) is 23.8. The van der Waals surface area contributed by atoms with Gasteiger partial charge in [0.1, 0.15) is 0 Å². The average molecular weight is 348 g/mol. The lowest BCUT2D eigenvalue weighted by atomic mass is 10.1. The summed E-state index contributed by atoms with van der Waals surface area (Å²) in [5, 5.41) is 21.4. The summed E-state index contributed by atoms with van der Waals surface area (Å²) >= 11 is 0. The first-order chi connectivity index (χ1) is 11.8. The first-order valence-electron chi connectivity index (χ1n) is 9.96. The molecular weight excluding hydrogens is 306 g/mol. The zero-order chi connectivity index (χ0) is 17.7. The Morgan fingerprint density at radius 2 is 1.42 bits per heavy atom. The molecule has 0 amide bonds. The van der Waals surface area contributed by atoms with Gasteiger partial charge in [-0.1, -0.05) is 64.7 Å². The average Bonchev–Trinajstić information content (AvgIpc) is 2.59. The summed E-state index contributed by atoms with van der Waals surface area (Å²) in [5.74, 6) is 0. The molecule has 0 saturated heterocycles. The van der Waals surface area contributed by atoms with Gasteiger partial charge in [-0.05, 0) is 6.42 Å². The predicted octanol–water partition coefficient (Wildman–Crippen LogP) is 2.88. The van der Waals surface area contributed by atoms with E-state index in [-0.39, 0.29) is 6.61 Å². The summed E-state index contributed by atoms with van der Waals surface area (Å²) in [5.41, 5.74) is 0. The van der Waals surface area contributed by atoms with E-state index in [1.165, 1.54) is 57.8 Å². The highest BCUT2D eigenvalue weighted by molar-refractivity contribution is 4.58. The topological polar surface area (TPSA) is 71.0 Å². The van der Waals surface area contributed by atoms with Crippen LogP contribution in [0.1, 0.15) is 71.1 Å². The van der Waals surface area contributed by atoms with Crippen molar-refractivity contribution in [1.29, 1.82) is 0 Å². The lowest BCUT2D eigenvalue weighted by Crippen LogP contribution is -2.32. The van der Waals surface area contributed by atoms with Gasteiger partial charge in [-0.2, -0.15) is 0 Å². The first-order valence-corrected chi connectivity index (χ1v) is 9.96. The number of aliphatic hydroxyl groups is 2. The molecule has 5 heteroatoms. The standard InChI is InChI=1S/C19H41NO4/c1-2-3-4-5-6-7-8-9-10-11-14-24-18-19(22)17-20-12-15-23-16-13-21/h19-22H,2-18H2,1H3. The molecule has 0 saturated carbocycles. The van der Waals surface area contributed by atoms with E-state index >= 15 is 0 Å². The molecule has 0 heterocycles. The van der Waals surface area contributed by atoms with Crippen LogP contribution in [-0.4, -0.2) is 62.4 Å². The van der Waals surface area contributed by atoms with E-state index in [0.29, 0.717) is 32.9 Å². The molecule has 0 aromatic carbocycles. The molecule has 0 aliphatic heterocycles. The molecular formula is C19H41NO4. The van der Waals surface area contributed by atoms with Gasteiger partial charge < -0.3 is 25.0 Å². The third-order valence-electron chi connectivity index (χ3n) is 3.99. The van der Waals surface area contributed by atoms with Gasteiger partial charge in [0.05, 0.1) is 32.5 Å². The monoisotopic (exact) mass is 347 g/mol. The molecule has 0 aliphatic carbocycles. The van der Waals surface area contributed by atoms with E-state index in [9.17, 15) is 5.11 Å². The van der Waals surface area contributed by atoms with Gasteiger partial charge in [0.25, 0.3) is 0 Å². The van der Waals surface area contributed by atoms with Gasteiger partial charge in [0.2, 0.25) is 0 Å². The lowest BCUT2D eigenvalue weighted by Gasteiger charge is -2.12. The Hall–Kier alpha value is -0.200. The molecule has 0 aromatic heterocycles. The van der Waals surface area contributed by atoms with E-state index in [4.69, 9.17) is 14.6 Å². The molecule has 0 spiro atoms. The highest BCUT2D eigenvalue weighted by Gasteiger charge is 2.03. The zero-order valence-corrected chi connectivity index (χ0v) is 15.8. The Bertz CT molecular complexity index is 229. The van der Waals surface area contributed by atoms with E-state index < -0.39 is 6.10 Å². The summed E-state index contributed by atoms with van der Waals surface area (Å²) < 4.78 is 10.6. The normalized spacial score (nSPS) is 12.6. The summed E-state index contributed by atoms with van der Waals surface area (Å²) in [6, 6.07) is 0. The van der Waals surface area contributed by atoms with Crippen LogP contribution in [0.15, 0.2) is 0 Å². The van der Waals surface area contributed by atoms with Crippen LogP contribution in [0.5, 0.6) is 0 Å². The molecule has 146 valence electrons. The van der Waals surface area contributed by atoms with Gasteiger partial charge in [0, 0.05) is 19.7 Å². The van der Waals surface area contributed by atoms with Crippen molar-refractivity contribution in [2.24, 2.45) is 0 Å². The number of nitrogens with one attached hydrogen (secondary N) is 1. The zero-order valence-electron chi connectivity index (χ0n) is 15.8. The van der Waals surface area contributed by atoms with Crippen LogP contribution < -0.4 is 5.32 Å². The minimum Gasteiger partial charge on any atom is -0.394 e. The second-order valence-corrected chi connectivity index (χ2v) is 6.45. The van der Waals surface area contributed by atoms with Gasteiger partial charge in [-0.3, -0.25) is 0 Å². The summed E-state index contributed by atoms with van der Waals surface area (Å²) in [7, 11) is 0. The largest absolute Gasteiger partial charge is 0.394 e. The molecule has 1 atom stereocenters. The molecule has 3 N–H and O–H groups in total. The van der Waals surface area contributed by atoms with Crippen LogP contribution in [0.4, 0.5) is 0 Å². The number of unbranched alkanes of at least 4 members (excludes halogenated alkanes) is 9.